The molecule has 1 aliphatic heterocycles. The van der Waals surface area contributed by atoms with Gasteiger partial charge in [0.05, 0.1) is 0 Å². The zero-order valence-corrected chi connectivity index (χ0v) is 30.0. The zero-order valence-electron chi connectivity index (χ0n) is 30.0. The molecule has 1 atom stereocenters. The first-order valence-corrected chi connectivity index (χ1v) is 19.7. The van der Waals surface area contributed by atoms with Crippen LogP contribution in [0.3, 0.4) is 0 Å². The second kappa shape index (κ2) is 32.1. The molecule has 0 aromatic rings. The van der Waals surface area contributed by atoms with Crippen LogP contribution in [0.2, 0.25) is 0 Å². The van der Waals surface area contributed by atoms with Crippen molar-refractivity contribution in [2.24, 2.45) is 0 Å². The van der Waals surface area contributed by atoms with E-state index >= 15 is 0 Å². The molecule has 4 heteroatoms. The van der Waals surface area contributed by atoms with Gasteiger partial charge in [-0.3, -0.25) is 9.59 Å². The third-order valence-electron chi connectivity index (χ3n) is 9.20. The lowest BCUT2D eigenvalue weighted by Gasteiger charge is -2.24. The SMILES string of the molecule is CCCCCC=CCC=CCCCCCCCC(=O)N1CCCC1C(=O)NCCCCCCCCC=CCCCCCCCC. The van der Waals surface area contributed by atoms with E-state index in [1.807, 2.05) is 4.90 Å². The van der Waals surface area contributed by atoms with Gasteiger partial charge in [-0.05, 0) is 83.5 Å². The fraction of sp³-hybridized carbons (Fsp3) is 0.805. The molecule has 1 unspecified atom stereocenters. The normalized spacial score (nSPS) is 15.3. The van der Waals surface area contributed by atoms with E-state index in [-0.39, 0.29) is 17.9 Å². The van der Waals surface area contributed by atoms with Crippen LogP contribution in [-0.4, -0.2) is 35.8 Å². The molecule has 1 aliphatic rings. The summed E-state index contributed by atoms with van der Waals surface area (Å²) >= 11 is 0. The van der Waals surface area contributed by atoms with Crippen LogP contribution in [-0.2, 0) is 9.59 Å². The Labute approximate surface area is 280 Å². The summed E-state index contributed by atoms with van der Waals surface area (Å²) in [7, 11) is 0. The van der Waals surface area contributed by atoms with Gasteiger partial charge in [0, 0.05) is 19.5 Å². The van der Waals surface area contributed by atoms with E-state index in [1.165, 1.54) is 128 Å². The van der Waals surface area contributed by atoms with Gasteiger partial charge in [0.25, 0.3) is 0 Å². The van der Waals surface area contributed by atoms with Crippen LogP contribution in [0.15, 0.2) is 36.5 Å². The smallest absolute Gasteiger partial charge is 0.242 e. The average Bonchev–Trinajstić information content (AvgIpc) is 3.55. The molecule has 0 radical (unpaired) electrons. The number of hydrogen-bond acceptors (Lipinski definition) is 2. The van der Waals surface area contributed by atoms with Crippen LogP contribution in [0.25, 0.3) is 0 Å². The molecule has 1 N–H and O–H groups in total. The van der Waals surface area contributed by atoms with E-state index in [4.69, 9.17) is 0 Å². The summed E-state index contributed by atoms with van der Waals surface area (Å²) in [6.07, 6.45) is 47.5. The van der Waals surface area contributed by atoms with Crippen molar-refractivity contribution >= 4 is 11.8 Å². The lowest BCUT2D eigenvalue weighted by Crippen LogP contribution is -2.46. The van der Waals surface area contributed by atoms with Gasteiger partial charge in [0.2, 0.25) is 11.8 Å². The number of amides is 2. The van der Waals surface area contributed by atoms with Crippen molar-refractivity contribution < 1.29 is 9.59 Å². The maximum absolute atomic E-state index is 12.9. The van der Waals surface area contributed by atoms with Crippen molar-refractivity contribution in [3.8, 4) is 0 Å². The minimum absolute atomic E-state index is 0.0636. The number of hydrogen-bond donors (Lipinski definition) is 1. The zero-order chi connectivity index (χ0) is 32.5. The predicted molar refractivity (Wildman–Crippen MR) is 197 cm³/mol. The second-order valence-electron chi connectivity index (χ2n) is 13.5. The molecular weight excluding hydrogens is 552 g/mol. The molecule has 0 aromatic carbocycles. The van der Waals surface area contributed by atoms with E-state index in [0.717, 1.165) is 58.0 Å². The van der Waals surface area contributed by atoms with Gasteiger partial charge < -0.3 is 10.2 Å². The average molecular weight is 627 g/mol. The number of rotatable bonds is 31. The number of nitrogens with one attached hydrogen (secondary N) is 1. The Bertz CT molecular complexity index is 771. The predicted octanol–water partition coefficient (Wildman–Crippen LogP) is 11.9. The number of carbonyl (C=O) groups is 2. The standard InChI is InChI=1S/C41H74N2O2/c1-3-5-7-9-11-13-15-17-19-21-23-25-27-29-31-33-37-42-41(45)39-35-34-38-43(39)40(44)36-32-30-28-26-24-22-20-18-16-14-12-10-8-6-4-2/h12,14,17-20,39H,3-11,13,15-16,21-38H2,1-2H3,(H,42,45). The van der Waals surface area contributed by atoms with Gasteiger partial charge in [0.1, 0.15) is 6.04 Å². The molecule has 1 heterocycles. The summed E-state index contributed by atoms with van der Waals surface area (Å²) in [4.78, 5) is 27.5. The first-order chi connectivity index (χ1) is 22.2. The Kier molecular flexibility index (Phi) is 29.4. The topological polar surface area (TPSA) is 49.4 Å². The molecule has 1 saturated heterocycles. The van der Waals surface area contributed by atoms with Crippen molar-refractivity contribution in [1.82, 2.24) is 10.2 Å². The quantitative estimate of drug-likeness (QED) is 0.0615. The van der Waals surface area contributed by atoms with Crippen molar-refractivity contribution in [3.05, 3.63) is 36.5 Å². The van der Waals surface area contributed by atoms with Crippen LogP contribution in [0, 0.1) is 0 Å². The third-order valence-corrected chi connectivity index (χ3v) is 9.20. The Hall–Kier alpha value is -1.84. The van der Waals surface area contributed by atoms with Gasteiger partial charge in [-0.15, -0.1) is 0 Å². The maximum atomic E-state index is 12.9. The molecule has 0 spiro atoms. The number of allylic oxidation sites excluding steroid dienone is 6. The summed E-state index contributed by atoms with van der Waals surface area (Å²) in [5, 5.41) is 3.13. The number of likely N-dealkylation sites (tertiary alicyclic amines) is 1. The summed E-state index contributed by atoms with van der Waals surface area (Å²) < 4.78 is 0. The van der Waals surface area contributed by atoms with Crippen molar-refractivity contribution in [1.29, 1.82) is 0 Å². The minimum atomic E-state index is -0.246. The molecule has 1 rings (SSSR count). The largest absolute Gasteiger partial charge is 0.354 e. The molecule has 2 amide bonds. The van der Waals surface area contributed by atoms with E-state index in [0.29, 0.717) is 6.42 Å². The highest BCUT2D eigenvalue weighted by Crippen LogP contribution is 2.20. The Morgan fingerprint density at radius 3 is 1.60 bits per heavy atom. The third kappa shape index (κ3) is 25.0. The molecule has 4 nitrogen and oxygen atoms in total. The van der Waals surface area contributed by atoms with Crippen LogP contribution >= 0.6 is 0 Å². The van der Waals surface area contributed by atoms with E-state index in [9.17, 15) is 9.59 Å². The second-order valence-corrected chi connectivity index (χ2v) is 13.5. The summed E-state index contributed by atoms with van der Waals surface area (Å²) in [6.45, 7) is 6.01. The fourth-order valence-corrected chi connectivity index (χ4v) is 6.27. The van der Waals surface area contributed by atoms with Crippen molar-refractivity contribution in [2.45, 2.75) is 200 Å². The van der Waals surface area contributed by atoms with E-state index in [1.54, 1.807) is 0 Å². The fourth-order valence-electron chi connectivity index (χ4n) is 6.27. The van der Waals surface area contributed by atoms with Crippen LogP contribution in [0.1, 0.15) is 194 Å². The Balaban J connectivity index is 1.97. The van der Waals surface area contributed by atoms with Crippen LogP contribution < -0.4 is 5.32 Å². The summed E-state index contributed by atoms with van der Waals surface area (Å²) in [6, 6.07) is -0.246. The molecular formula is C41H74N2O2. The lowest BCUT2D eigenvalue weighted by molar-refractivity contribution is -0.138. The first-order valence-electron chi connectivity index (χ1n) is 19.7. The van der Waals surface area contributed by atoms with Crippen LogP contribution in [0.5, 0.6) is 0 Å². The van der Waals surface area contributed by atoms with Gasteiger partial charge in [-0.25, -0.2) is 0 Å². The minimum Gasteiger partial charge on any atom is -0.354 e. The molecule has 0 saturated carbocycles. The van der Waals surface area contributed by atoms with Gasteiger partial charge in [-0.1, -0.05) is 140 Å². The monoisotopic (exact) mass is 627 g/mol. The number of unbranched alkanes of at least 4 members (excludes halogenated alkanes) is 20. The van der Waals surface area contributed by atoms with Gasteiger partial charge in [-0.2, -0.15) is 0 Å². The van der Waals surface area contributed by atoms with Crippen molar-refractivity contribution in [3.63, 3.8) is 0 Å². The molecule has 260 valence electrons. The molecule has 0 aromatic heterocycles. The summed E-state index contributed by atoms with van der Waals surface area (Å²) in [5.74, 6) is 0.240. The molecule has 45 heavy (non-hydrogen) atoms. The number of carbonyl (C=O) groups excluding carboxylic acids is 2. The highest BCUT2D eigenvalue weighted by molar-refractivity contribution is 5.88. The number of nitrogens with zero attached hydrogens (tertiary/aromatic N) is 1. The molecule has 0 bridgehead atoms. The molecule has 0 aliphatic carbocycles. The highest BCUT2D eigenvalue weighted by Gasteiger charge is 2.33. The van der Waals surface area contributed by atoms with E-state index < -0.39 is 0 Å². The van der Waals surface area contributed by atoms with Gasteiger partial charge in [0.15, 0.2) is 0 Å². The van der Waals surface area contributed by atoms with E-state index in [2.05, 4.69) is 55.6 Å². The Morgan fingerprint density at radius 1 is 0.578 bits per heavy atom. The van der Waals surface area contributed by atoms with Crippen molar-refractivity contribution in [2.75, 3.05) is 13.1 Å². The highest BCUT2D eigenvalue weighted by atomic mass is 16.2. The first kappa shape index (κ1) is 41.2. The van der Waals surface area contributed by atoms with Crippen LogP contribution in [0.4, 0.5) is 0 Å². The maximum Gasteiger partial charge on any atom is 0.242 e. The lowest BCUT2D eigenvalue weighted by atomic mass is 10.1. The van der Waals surface area contributed by atoms with Gasteiger partial charge >= 0.3 is 0 Å². The summed E-state index contributed by atoms with van der Waals surface area (Å²) in [5.41, 5.74) is 0. The Morgan fingerprint density at radius 2 is 1.02 bits per heavy atom. The molecule has 1 fully saturated rings.